The molecule has 1 heterocycles. The van der Waals surface area contributed by atoms with Gasteiger partial charge in [0.05, 0.1) is 22.7 Å². The van der Waals surface area contributed by atoms with Crippen molar-refractivity contribution in [3.8, 4) is 0 Å². The number of nitro benzene ring substituents is 1. The van der Waals surface area contributed by atoms with Crippen LogP contribution in [0, 0.1) is 17.0 Å². The second-order valence-electron chi connectivity index (χ2n) is 7.20. The zero-order valence-electron chi connectivity index (χ0n) is 16.6. The van der Waals surface area contributed by atoms with E-state index in [-0.39, 0.29) is 23.7 Å². The van der Waals surface area contributed by atoms with E-state index in [2.05, 4.69) is 31.5 Å². The number of nitrogens with one attached hydrogen (secondary N) is 2. The second-order valence-corrected chi connectivity index (χ2v) is 8.11. The third-order valence-corrected chi connectivity index (χ3v) is 5.50. The van der Waals surface area contributed by atoms with Crippen LogP contribution in [0.1, 0.15) is 35.2 Å². The average molecular weight is 475 g/mol. The Bertz CT molecular complexity index is 973. The van der Waals surface area contributed by atoms with Crippen LogP contribution in [0.25, 0.3) is 0 Å². The molecule has 8 nitrogen and oxygen atoms in total. The number of hydrogen-bond acceptors (Lipinski definition) is 5. The molecule has 1 aliphatic rings. The van der Waals surface area contributed by atoms with Gasteiger partial charge in [-0.15, -0.1) is 0 Å². The lowest BCUT2D eigenvalue weighted by Crippen LogP contribution is -2.35. The molecule has 9 heteroatoms. The van der Waals surface area contributed by atoms with Gasteiger partial charge in [-0.2, -0.15) is 0 Å². The summed E-state index contributed by atoms with van der Waals surface area (Å²) in [6.07, 6.45) is 3.14. The van der Waals surface area contributed by atoms with E-state index in [4.69, 9.17) is 0 Å². The van der Waals surface area contributed by atoms with Crippen molar-refractivity contribution in [3.05, 3.63) is 62.1 Å². The van der Waals surface area contributed by atoms with Crippen LogP contribution in [0.4, 0.5) is 17.1 Å². The van der Waals surface area contributed by atoms with E-state index in [1.54, 1.807) is 12.1 Å². The maximum absolute atomic E-state index is 12.8. The lowest BCUT2D eigenvalue weighted by Gasteiger charge is -2.30. The molecule has 0 aliphatic carbocycles. The maximum atomic E-state index is 12.8. The molecule has 2 aromatic rings. The van der Waals surface area contributed by atoms with Gasteiger partial charge in [0.1, 0.15) is 0 Å². The number of piperidine rings is 1. The maximum Gasteiger partial charge on any atom is 0.270 e. The molecule has 2 N–H and O–H groups in total. The molecule has 1 aliphatic heterocycles. The van der Waals surface area contributed by atoms with Gasteiger partial charge in [0.15, 0.2) is 0 Å². The third kappa shape index (κ3) is 5.35. The first-order valence-electron chi connectivity index (χ1n) is 9.73. The van der Waals surface area contributed by atoms with Crippen molar-refractivity contribution >= 4 is 44.8 Å². The zero-order valence-corrected chi connectivity index (χ0v) is 18.2. The summed E-state index contributed by atoms with van der Waals surface area (Å²) in [5.74, 6) is -0.888. The van der Waals surface area contributed by atoms with Crippen LogP contribution in [-0.2, 0) is 4.79 Å². The average Bonchev–Trinajstić information content (AvgIpc) is 2.74. The Morgan fingerprint density at radius 1 is 1.13 bits per heavy atom. The van der Waals surface area contributed by atoms with Gasteiger partial charge in [-0.3, -0.25) is 19.7 Å². The van der Waals surface area contributed by atoms with E-state index >= 15 is 0 Å². The predicted molar refractivity (Wildman–Crippen MR) is 119 cm³/mol. The number of nitrogens with zero attached hydrogens (tertiary/aromatic N) is 2. The first-order chi connectivity index (χ1) is 14.3. The van der Waals surface area contributed by atoms with Crippen LogP contribution in [0.2, 0.25) is 0 Å². The molecular formula is C21H23BrN4O4. The summed E-state index contributed by atoms with van der Waals surface area (Å²) in [5, 5.41) is 16.5. The molecule has 158 valence electrons. The minimum absolute atomic E-state index is 0.157. The summed E-state index contributed by atoms with van der Waals surface area (Å²) in [6.45, 7) is 3.21. The SMILES string of the molecule is Cc1cc(Br)ccc1NC(=O)CNC(=O)c1cc([N+](=O)[O-])ccc1N1CCCCC1. The summed E-state index contributed by atoms with van der Waals surface area (Å²) in [5.41, 5.74) is 2.24. The Labute approximate surface area is 182 Å². The lowest BCUT2D eigenvalue weighted by molar-refractivity contribution is -0.384. The van der Waals surface area contributed by atoms with Gasteiger partial charge in [0.25, 0.3) is 11.6 Å². The summed E-state index contributed by atoms with van der Waals surface area (Å²) in [7, 11) is 0. The second kappa shape index (κ2) is 9.71. The van der Waals surface area contributed by atoms with Gasteiger partial charge in [0.2, 0.25) is 5.91 Å². The van der Waals surface area contributed by atoms with Crippen molar-refractivity contribution < 1.29 is 14.5 Å². The molecule has 0 radical (unpaired) electrons. The molecule has 3 rings (SSSR count). The van der Waals surface area contributed by atoms with Crippen molar-refractivity contribution in [2.75, 3.05) is 29.9 Å². The molecule has 0 unspecified atom stereocenters. The Hall–Kier alpha value is -2.94. The van der Waals surface area contributed by atoms with Crippen molar-refractivity contribution in [2.24, 2.45) is 0 Å². The number of halogens is 1. The Morgan fingerprint density at radius 3 is 2.53 bits per heavy atom. The van der Waals surface area contributed by atoms with Crippen LogP contribution in [0.3, 0.4) is 0 Å². The topological polar surface area (TPSA) is 105 Å². The number of rotatable bonds is 6. The number of hydrogen-bond donors (Lipinski definition) is 2. The highest BCUT2D eigenvalue weighted by atomic mass is 79.9. The van der Waals surface area contributed by atoms with Gasteiger partial charge in [-0.05, 0) is 56.0 Å². The molecule has 1 saturated heterocycles. The highest BCUT2D eigenvalue weighted by Gasteiger charge is 2.22. The number of nitro groups is 1. The van der Waals surface area contributed by atoms with E-state index in [1.807, 2.05) is 19.1 Å². The first-order valence-corrected chi connectivity index (χ1v) is 10.5. The summed E-state index contributed by atoms with van der Waals surface area (Å²) < 4.78 is 0.905. The van der Waals surface area contributed by atoms with E-state index in [1.165, 1.54) is 12.1 Å². The number of carbonyl (C=O) groups excluding carboxylic acids is 2. The molecule has 1 fully saturated rings. The summed E-state index contributed by atoms with van der Waals surface area (Å²) >= 11 is 3.37. The summed E-state index contributed by atoms with van der Waals surface area (Å²) in [6, 6.07) is 9.76. The van der Waals surface area contributed by atoms with E-state index < -0.39 is 10.8 Å². The Balaban J connectivity index is 1.72. The quantitative estimate of drug-likeness (QED) is 0.485. The molecule has 0 spiro atoms. The molecule has 0 atom stereocenters. The summed E-state index contributed by atoms with van der Waals surface area (Å²) in [4.78, 5) is 37.8. The molecule has 2 aromatic carbocycles. The van der Waals surface area contributed by atoms with Crippen LogP contribution in [0.15, 0.2) is 40.9 Å². The number of carbonyl (C=O) groups is 2. The fourth-order valence-corrected chi connectivity index (χ4v) is 3.92. The third-order valence-electron chi connectivity index (χ3n) is 5.00. The number of amides is 2. The highest BCUT2D eigenvalue weighted by molar-refractivity contribution is 9.10. The fourth-order valence-electron chi connectivity index (χ4n) is 3.45. The zero-order chi connectivity index (χ0) is 21.7. The van der Waals surface area contributed by atoms with E-state index in [0.717, 1.165) is 42.4 Å². The standard InChI is InChI=1S/C21H23BrN4O4/c1-14-11-15(22)5-7-18(14)24-20(27)13-23-21(28)17-12-16(26(29)30)6-8-19(17)25-9-3-2-4-10-25/h5-8,11-12H,2-4,9-10,13H2,1H3,(H,23,28)(H,24,27). The van der Waals surface area contributed by atoms with Crippen molar-refractivity contribution in [2.45, 2.75) is 26.2 Å². The van der Waals surface area contributed by atoms with Crippen LogP contribution >= 0.6 is 15.9 Å². The normalized spacial score (nSPS) is 13.6. The molecule has 2 amide bonds. The Morgan fingerprint density at radius 2 is 1.87 bits per heavy atom. The molecule has 0 saturated carbocycles. The molecular weight excluding hydrogens is 452 g/mol. The van der Waals surface area contributed by atoms with Gasteiger partial charge < -0.3 is 15.5 Å². The fraction of sp³-hybridized carbons (Fsp3) is 0.333. The molecule has 30 heavy (non-hydrogen) atoms. The van der Waals surface area contributed by atoms with Crippen LogP contribution < -0.4 is 15.5 Å². The lowest BCUT2D eigenvalue weighted by atomic mass is 10.1. The minimum atomic E-state index is -0.528. The first kappa shape index (κ1) is 21.8. The number of aryl methyl sites for hydroxylation is 1. The van der Waals surface area contributed by atoms with E-state index in [0.29, 0.717) is 11.4 Å². The minimum Gasteiger partial charge on any atom is -0.371 e. The van der Waals surface area contributed by atoms with Gasteiger partial charge >= 0.3 is 0 Å². The number of anilines is 2. The highest BCUT2D eigenvalue weighted by Crippen LogP contribution is 2.28. The monoisotopic (exact) mass is 474 g/mol. The Kier molecular flexibility index (Phi) is 7.04. The van der Waals surface area contributed by atoms with Crippen LogP contribution in [0.5, 0.6) is 0 Å². The van der Waals surface area contributed by atoms with Crippen molar-refractivity contribution in [3.63, 3.8) is 0 Å². The molecule has 0 aromatic heterocycles. The smallest absolute Gasteiger partial charge is 0.270 e. The van der Waals surface area contributed by atoms with Crippen LogP contribution in [-0.4, -0.2) is 36.4 Å². The van der Waals surface area contributed by atoms with E-state index in [9.17, 15) is 19.7 Å². The van der Waals surface area contributed by atoms with Crippen molar-refractivity contribution in [1.29, 1.82) is 0 Å². The van der Waals surface area contributed by atoms with Gasteiger partial charge in [-0.1, -0.05) is 15.9 Å². The number of non-ortho nitro benzene ring substituents is 1. The van der Waals surface area contributed by atoms with Gasteiger partial charge in [-0.25, -0.2) is 0 Å². The predicted octanol–water partition coefficient (Wildman–Crippen LogP) is 4.02. The van der Waals surface area contributed by atoms with Crippen molar-refractivity contribution in [1.82, 2.24) is 5.32 Å². The molecule has 0 bridgehead atoms. The van der Waals surface area contributed by atoms with Gasteiger partial charge in [0, 0.05) is 35.4 Å². The number of benzene rings is 2. The largest absolute Gasteiger partial charge is 0.371 e.